The number of aliphatic hydroxyl groups is 1. The van der Waals surface area contributed by atoms with E-state index in [0.717, 1.165) is 62.0 Å². The van der Waals surface area contributed by atoms with Crippen molar-refractivity contribution in [3.05, 3.63) is 72.2 Å². The largest absolute Gasteiger partial charge is 0.391 e. The van der Waals surface area contributed by atoms with Gasteiger partial charge in [0.15, 0.2) is 0 Å². The van der Waals surface area contributed by atoms with Crippen molar-refractivity contribution in [1.82, 2.24) is 9.88 Å². The van der Waals surface area contributed by atoms with Crippen LogP contribution in [-0.4, -0.2) is 53.3 Å². The predicted molar refractivity (Wildman–Crippen MR) is 118 cm³/mol. The van der Waals surface area contributed by atoms with E-state index in [0.29, 0.717) is 11.7 Å². The molecule has 2 aliphatic rings. The number of aromatic nitrogens is 1. The van der Waals surface area contributed by atoms with Gasteiger partial charge in [0, 0.05) is 49.2 Å². The molecule has 0 saturated carbocycles. The molecule has 0 radical (unpaired) electrons. The minimum Gasteiger partial charge on any atom is -0.391 e. The fraction of sp³-hybridized carbons (Fsp3) is 0.400. The molecule has 5 heteroatoms. The summed E-state index contributed by atoms with van der Waals surface area (Å²) in [5, 5.41) is 11.9. The summed E-state index contributed by atoms with van der Waals surface area (Å²) >= 11 is 0. The number of hydrogen-bond donors (Lipinski definition) is 1. The van der Waals surface area contributed by atoms with Crippen molar-refractivity contribution < 1.29 is 9.50 Å². The van der Waals surface area contributed by atoms with E-state index in [2.05, 4.69) is 28.0 Å². The van der Waals surface area contributed by atoms with E-state index >= 15 is 0 Å². The van der Waals surface area contributed by atoms with Crippen molar-refractivity contribution in [3.63, 3.8) is 0 Å². The number of pyridine rings is 1. The Hall–Kier alpha value is -2.50. The van der Waals surface area contributed by atoms with Crippen molar-refractivity contribution in [3.8, 4) is 0 Å². The number of benzene rings is 2. The quantitative estimate of drug-likeness (QED) is 0.715. The standard InChI is InChI=1S/C25H28FN3O/c26-22-6-2-4-8-24(22)28-13-11-21(12-14-28)29-16-19(25(30)17-29)15-20-10-9-18-5-1-3-7-23(18)27-20/h1-10,19,21,25,30H,11-17H2/t19-,25-/m1/s1. The molecule has 2 saturated heterocycles. The SMILES string of the molecule is O[C@@H]1CN(C2CCN(c3ccccc3F)CC2)C[C@H]1Cc1ccc2ccccc2n1. The Morgan fingerprint density at radius 2 is 1.70 bits per heavy atom. The Kier molecular flexibility index (Phi) is 5.40. The first-order chi connectivity index (χ1) is 14.7. The highest BCUT2D eigenvalue weighted by molar-refractivity contribution is 5.78. The van der Waals surface area contributed by atoms with E-state index < -0.39 is 0 Å². The predicted octanol–water partition coefficient (Wildman–Crippen LogP) is 3.88. The zero-order valence-corrected chi connectivity index (χ0v) is 17.1. The third-order valence-electron chi connectivity index (χ3n) is 6.74. The van der Waals surface area contributed by atoms with Gasteiger partial charge in [-0.25, -0.2) is 4.39 Å². The summed E-state index contributed by atoms with van der Waals surface area (Å²) in [6, 6.07) is 19.8. The van der Waals surface area contributed by atoms with Gasteiger partial charge in [-0.2, -0.15) is 0 Å². The number of nitrogens with zero attached hydrogens (tertiary/aromatic N) is 3. The van der Waals surface area contributed by atoms with Crippen molar-refractivity contribution in [2.24, 2.45) is 5.92 Å². The van der Waals surface area contributed by atoms with Gasteiger partial charge in [-0.05, 0) is 43.5 Å². The Labute approximate surface area is 177 Å². The molecular formula is C25H28FN3O. The maximum absolute atomic E-state index is 14.1. The molecule has 0 spiro atoms. The van der Waals surface area contributed by atoms with Crippen LogP contribution in [0.5, 0.6) is 0 Å². The molecule has 1 aromatic heterocycles. The third-order valence-corrected chi connectivity index (χ3v) is 6.74. The normalized spacial score (nSPS) is 23.3. The molecule has 0 amide bonds. The summed E-state index contributed by atoms with van der Waals surface area (Å²) < 4.78 is 14.1. The van der Waals surface area contributed by atoms with Crippen LogP contribution in [0.25, 0.3) is 10.9 Å². The van der Waals surface area contributed by atoms with Gasteiger partial charge in [0.2, 0.25) is 0 Å². The number of hydrogen-bond acceptors (Lipinski definition) is 4. The number of β-amino-alcohol motifs (C(OH)–C–C–N with tert-alkyl or cyclic N) is 1. The zero-order valence-electron chi connectivity index (χ0n) is 17.1. The molecule has 2 atom stereocenters. The van der Waals surface area contributed by atoms with Gasteiger partial charge in [-0.3, -0.25) is 9.88 Å². The van der Waals surface area contributed by atoms with E-state index in [9.17, 15) is 9.50 Å². The van der Waals surface area contributed by atoms with Crippen molar-refractivity contribution in [2.75, 3.05) is 31.1 Å². The Bertz CT molecular complexity index is 1020. The lowest BCUT2D eigenvalue weighted by atomic mass is 9.99. The smallest absolute Gasteiger partial charge is 0.146 e. The van der Waals surface area contributed by atoms with Crippen LogP contribution in [0.2, 0.25) is 0 Å². The number of likely N-dealkylation sites (tertiary alicyclic amines) is 1. The molecule has 2 aliphatic heterocycles. The van der Waals surface area contributed by atoms with Crippen LogP contribution < -0.4 is 4.90 Å². The fourth-order valence-electron chi connectivity index (χ4n) is 5.06. The molecule has 5 rings (SSSR count). The van der Waals surface area contributed by atoms with Gasteiger partial charge >= 0.3 is 0 Å². The van der Waals surface area contributed by atoms with Crippen molar-refractivity contribution >= 4 is 16.6 Å². The topological polar surface area (TPSA) is 39.6 Å². The number of aliphatic hydroxyl groups excluding tert-OH is 1. The summed E-state index contributed by atoms with van der Waals surface area (Å²) in [5.41, 5.74) is 2.77. The first-order valence-electron chi connectivity index (χ1n) is 10.9. The highest BCUT2D eigenvalue weighted by Crippen LogP contribution is 2.29. The molecule has 3 heterocycles. The average Bonchev–Trinajstić information content (AvgIpc) is 3.14. The number of fused-ring (bicyclic) bond motifs is 1. The van der Waals surface area contributed by atoms with Crippen LogP contribution in [0.4, 0.5) is 10.1 Å². The van der Waals surface area contributed by atoms with E-state index in [1.165, 1.54) is 6.07 Å². The monoisotopic (exact) mass is 405 g/mol. The minimum atomic E-state index is -0.317. The molecule has 156 valence electrons. The molecule has 3 aromatic rings. The number of para-hydroxylation sites is 2. The van der Waals surface area contributed by atoms with Crippen LogP contribution in [0.1, 0.15) is 18.5 Å². The third kappa shape index (κ3) is 3.92. The zero-order chi connectivity index (χ0) is 20.5. The number of piperidine rings is 1. The first-order valence-corrected chi connectivity index (χ1v) is 10.9. The van der Waals surface area contributed by atoms with Crippen LogP contribution >= 0.6 is 0 Å². The lowest BCUT2D eigenvalue weighted by Gasteiger charge is -2.38. The van der Waals surface area contributed by atoms with Crippen molar-refractivity contribution in [1.29, 1.82) is 0 Å². The fourth-order valence-corrected chi connectivity index (χ4v) is 5.06. The molecule has 0 bridgehead atoms. The van der Waals surface area contributed by atoms with Gasteiger partial charge in [0.1, 0.15) is 5.82 Å². The van der Waals surface area contributed by atoms with Crippen LogP contribution in [0.3, 0.4) is 0 Å². The molecular weight excluding hydrogens is 377 g/mol. The molecule has 0 aliphatic carbocycles. The maximum Gasteiger partial charge on any atom is 0.146 e. The summed E-state index contributed by atoms with van der Waals surface area (Å²) in [6.45, 7) is 3.34. The molecule has 4 nitrogen and oxygen atoms in total. The summed E-state index contributed by atoms with van der Waals surface area (Å²) in [5.74, 6) is 0.0683. The van der Waals surface area contributed by atoms with E-state index in [1.54, 1.807) is 6.07 Å². The summed E-state index contributed by atoms with van der Waals surface area (Å²) in [4.78, 5) is 9.38. The summed E-state index contributed by atoms with van der Waals surface area (Å²) in [6.07, 6.45) is 2.49. The first kappa shape index (κ1) is 19.5. The van der Waals surface area contributed by atoms with Crippen LogP contribution in [-0.2, 0) is 6.42 Å². The van der Waals surface area contributed by atoms with Crippen LogP contribution in [0.15, 0.2) is 60.7 Å². The highest BCUT2D eigenvalue weighted by atomic mass is 19.1. The Morgan fingerprint density at radius 3 is 2.53 bits per heavy atom. The second kappa shape index (κ2) is 8.32. The summed E-state index contributed by atoms with van der Waals surface area (Å²) in [7, 11) is 0. The maximum atomic E-state index is 14.1. The number of anilines is 1. The van der Waals surface area contributed by atoms with Gasteiger partial charge in [0.05, 0.1) is 17.3 Å². The molecule has 2 fully saturated rings. The van der Waals surface area contributed by atoms with Crippen LogP contribution in [0, 0.1) is 11.7 Å². The Morgan fingerprint density at radius 1 is 0.933 bits per heavy atom. The Balaban J connectivity index is 1.20. The molecule has 2 aromatic carbocycles. The van der Waals surface area contributed by atoms with Gasteiger partial charge in [-0.1, -0.05) is 36.4 Å². The highest BCUT2D eigenvalue weighted by Gasteiger charge is 2.36. The minimum absolute atomic E-state index is 0.143. The number of halogens is 1. The van der Waals surface area contributed by atoms with Crippen molar-refractivity contribution in [2.45, 2.75) is 31.4 Å². The van der Waals surface area contributed by atoms with E-state index in [4.69, 9.17) is 4.98 Å². The molecule has 0 unspecified atom stereocenters. The molecule has 1 N–H and O–H groups in total. The second-order valence-electron chi connectivity index (χ2n) is 8.65. The lowest BCUT2D eigenvalue weighted by Crippen LogP contribution is -2.44. The lowest BCUT2D eigenvalue weighted by molar-refractivity contribution is 0.131. The van der Waals surface area contributed by atoms with Gasteiger partial charge in [-0.15, -0.1) is 0 Å². The van der Waals surface area contributed by atoms with Gasteiger partial charge in [0.25, 0.3) is 0 Å². The van der Waals surface area contributed by atoms with E-state index in [1.807, 2.05) is 30.3 Å². The average molecular weight is 406 g/mol. The molecule has 30 heavy (non-hydrogen) atoms. The number of rotatable bonds is 4. The van der Waals surface area contributed by atoms with E-state index in [-0.39, 0.29) is 17.8 Å². The second-order valence-corrected chi connectivity index (χ2v) is 8.65. The van der Waals surface area contributed by atoms with Gasteiger partial charge < -0.3 is 10.0 Å².